The number of carbonyl (C=O) groups is 1. The summed E-state index contributed by atoms with van der Waals surface area (Å²) in [5.41, 5.74) is 0. The zero-order valence-corrected chi connectivity index (χ0v) is 29.1. The van der Waals surface area contributed by atoms with E-state index in [9.17, 15) is 20.1 Å². The van der Waals surface area contributed by atoms with E-state index in [1.807, 2.05) is 0 Å². The molecule has 0 aromatic carbocycles. The highest BCUT2D eigenvalue weighted by atomic mass is 16.3. The summed E-state index contributed by atoms with van der Waals surface area (Å²) in [5.74, 6) is -0.142. The minimum atomic E-state index is -1.13. The molecule has 0 aliphatic carbocycles. The first-order chi connectivity index (χ1) is 21.1. The lowest BCUT2D eigenvalue weighted by molar-refractivity contribution is -0.124. The Morgan fingerprint density at radius 2 is 0.791 bits per heavy atom. The molecule has 0 saturated heterocycles. The molecule has 4 N–H and O–H groups in total. The van der Waals surface area contributed by atoms with E-state index in [0.717, 1.165) is 32.1 Å². The minimum absolute atomic E-state index is 0.142. The quantitative estimate of drug-likeness (QED) is 0.0537. The molecule has 3 atom stereocenters. The Kier molecular flexibility index (Phi) is 33.7. The minimum Gasteiger partial charge on any atom is -0.394 e. The van der Waals surface area contributed by atoms with Crippen LogP contribution in [0, 0.1) is 0 Å². The molecule has 43 heavy (non-hydrogen) atoms. The molecule has 5 nitrogen and oxygen atoms in total. The normalized spacial score (nSPS) is 13.7. The van der Waals surface area contributed by atoms with E-state index in [2.05, 4.69) is 19.2 Å². The SMILES string of the molecule is CCCCCCCCCCCCCCCCC[C@@H](O)[C@@H](O)[C@H](CO)NC(=O)CCCCCCCCCCCCCCCC. The van der Waals surface area contributed by atoms with Gasteiger partial charge in [-0.1, -0.05) is 194 Å². The Morgan fingerprint density at radius 3 is 1.12 bits per heavy atom. The van der Waals surface area contributed by atoms with Crippen molar-refractivity contribution >= 4 is 5.91 Å². The lowest BCUT2D eigenvalue weighted by Crippen LogP contribution is -2.50. The van der Waals surface area contributed by atoms with Gasteiger partial charge in [-0.3, -0.25) is 4.79 Å². The summed E-state index contributed by atoms with van der Waals surface area (Å²) in [6, 6.07) is -0.800. The van der Waals surface area contributed by atoms with Crippen LogP contribution in [-0.4, -0.2) is 46.1 Å². The molecule has 0 aliphatic rings. The van der Waals surface area contributed by atoms with Gasteiger partial charge in [-0.15, -0.1) is 0 Å². The highest BCUT2D eigenvalue weighted by Crippen LogP contribution is 2.16. The maximum atomic E-state index is 12.4. The largest absolute Gasteiger partial charge is 0.394 e. The van der Waals surface area contributed by atoms with Gasteiger partial charge in [-0.25, -0.2) is 0 Å². The Balaban J connectivity index is 3.64. The molecule has 0 spiro atoms. The summed E-state index contributed by atoms with van der Waals surface area (Å²) < 4.78 is 0. The Labute approximate surface area is 268 Å². The van der Waals surface area contributed by atoms with Crippen molar-refractivity contribution < 1.29 is 20.1 Å². The van der Waals surface area contributed by atoms with E-state index in [-0.39, 0.29) is 12.5 Å². The second-order valence-corrected chi connectivity index (χ2v) is 13.5. The first kappa shape index (κ1) is 42.3. The van der Waals surface area contributed by atoms with Gasteiger partial charge >= 0.3 is 0 Å². The number of hydrogen-bond donors (Lipinski definition) is 4. The second-order valence-electron chi connectivity index (χ2n) is 13.5. The first-order valence-corrected chi connectivity index (χ1v) is 19.3. The molecule has 0 heterocycles. The van der Waals surface area contributed by atoms with E-state index in [1.165, 1.54) is 154 Å². The molecular weight excluding hydrogens is 534 g/mol. The number of aliphatic hydroxyl groups excluding tert-OH is 3. The summed E-state index contributed by atoms with van der Waals surface area (Å²) in [6.07, 6.45) is 36.2. The van der Waals surface area contributed by atoms with Crippen LogP contribution in [0.1, 0.15) is 213 Å². The molecule has 0 aliphatic heterocycles. The van der Waals surface area contributed by atoms with Gasteiger partial charge in [-0.2, -0.15) is 0 Å². The number of amides is 1. The van der Waals surface area contributed by atoms with E-state index in [4.69, 9.17) is 0 Å². The summed E-state index contributed by atoms with van der Waals surface area (Å²) in [7, 11) is 0. The maximum Gasteiger partial charge on any atom is 0.220 e. The van der Waals surface area contributed by atoms with E-state index in [1.54, 1.807) is 0 Å². The van der Waals surface area contributed by atoms with Gasteiger partial charge in [0.1, 0.15) is 6.10 Å². The predicted molar refractivity (Wildman–Crippen MR) is 186 cm³/mol. The van der Waals surface area contributed by atoms with Crippen LogP contribution in [0.4, 0.5) is 0 Å². The molecule has 0 saturated carbocycles. The second kappa shape index (κ2) is 34.2. The number of rotatable bonds is 35. The molecule has 1 amide bonds. The van der Waals surface area contributed by atoms with E-state index >= 15 is 0 Å². The van der Waals surface area contributed by atoms with Crippen molar-refractivity contribution in [3.8, 4) is 0 Å². The molecule has 0 radical (unpaired) electrons. The number of hydrogen-bond acceptors (Lipinski definition) is 4. The fourth-order valence-corrected chi connectivity index (χ4v) is 6.16. The van der Waals surface area contributed by atoms with Crippen LogP contribution in [0.5, 0.6) is 0 Å². The lowest BCUT2D eigenvalue weighted by Gasteiger charge is -2.26. The number of aliphatic hydroxyl groups is 3. The topological polar surface area (TPSA) is 89.8 Å². The van der Waals surface area contributed by atoms with Crippen molar-refractivity contribution in [2.75, 3.05) is 6.61 Å². The zero-order chi connectivity index (χ0) is 31.6. The summed E-state index contributed by atoms with van der Waals surface area (Å²) in [4.78, 5) is 12.4. The third-order valence-electron chi connectivity index (χ3n) is 9.21. The zero-order valence-electron chi connectivity index (χ0n) is 29.1. The van der Waals surface area contributed by atoms with Crippen LogP contribution in [-0.2, 0) is 4.79 Å². The molecule has 0 aromatic heterocycles. The van der Waals surface area contributed by atoms with Crippen LogP contribution in [0.25, 0.3) is 0 Å². The lowest BCUT2D eigenvalue weighted by atomic mass is 9.99. The number of unbranched alkanes of at least 4 members (excludes halogenated alkanes) is 27. The fraction of sp³-hybridized carbons (Fsp3) is 0.974. The van der Waals surface area contributed by atoms with Gasteiger partial charge in [0.25, 0.3) is 0 Å². The van der Waals surface area contributed by atoms with Crippen LogP contribution >= 0.6 is 0 Å². The average molecular weight is 612 g/mol. The van der Waals surface area contributed by atoms with Crippen molar-refractivity contribution in [3.05, 3.63) is 0 Å². The highest BCUT2D eigenvalue weighted by Gasteiger charge is 2.26. The maximum absolute atomic E-state index is 12.4. The van der Waals surface area contributed by atoms with Crippen molar-refractivity contribution in [1.29, 1.82) is 0 Å². The third-order valence-corrected chi connectivity index (χ3v) is 9.21. The van der Waals surface area contributed by atoms with Gasteiger partial charge in [0.2, 0.25) is 5.91 Å². The predicted octanol–water partition coefficient (Wildman–Crippen LogP) is 10.3. The summed E-state index contributed by atoms with van der Waals surface area (Å²) in [6.45, 7) is 4.18. The summed E-state index contributed by atoms with van der Waals surface area (Å²) >= 11 is 0. The van der Waals surface area contributed by atoms with Gasteiger partial charge in [0.15, 0.2) is 0 Å². The molecule has 0 unspecified atom stereocenters. The van der Waals surface area contributed by atoms with E-state index in [0.29, 0.717) is 12.8 Å². The molecule has 0 aromatic rings. The molecule has 5 heteroatoms. The number of carbonyl (C=O) groups excluding carboxylic acids is 1. The van der Waals surface area contributed by atoms with Crippen LogP contribution in [0.3, 0.4) is 0 Å². The van der Waals surface area contributed by atoms with Crippen molar-refractivity contribution in [2.24, 2.45) is 0 Å². The van der Waals surface area contributed by atoms with Gasteiger partial charge in [-0.05, 0) is 12.8 Å². The Hall–Kier alpha value is -0.650. The van der Waals surface area contributed by atoms with Crippen molar-refractivity contribution in [1.82, 2.24) is 5.32 Å². The molecule has 0 bridgehead atoms. The van der Waals surface area contributed by atoms with Crippen molar-refractivity contribution in [3.63, 3.8) is 0 Å². The van der Waals surface area contributed by atoms with Gasteiger partial charge < -0.3 is 20.6 Å². The molecule has 0 rings (SSSR count). The van der Waals surface area contributed by atoms with Gasteiger partial charge in [0, 0.05) is 6.42 Å². The van der Waals surface area contributed by atoms with Crippen LogP contribution in [0.15, 0.2) is 0 Å². The summed E-state index contributed by atoms with van der Waals surface area (Å²) in [5, 5.41) is 33.4. The average Bonchev–Trinajstić information content (AvgIpc) is 3.01. The molecule has 258 valence electrons. The number of nitrogens with one attached hydrogen (secondary N) is 1. The Bertz CT molecular complexity index is 558. The Morgan fingerprint density at radius 1 is 0.488 bits per heavy atom. The fourth-order valence-electron chi connectivity index (χ4n) is 6.16. The monoisotopic (exact) mass is 612 g/mol. The van der Waals surface area contributed by atoms with E-state index < -0.39 is 18.2 Å². The van der Waals surface area contributed by atoms with Crippen LogP contribution in [0.2, 0.25) is 0 Å². The standard InChI is InChI=1S/C38H77NO4/c1-3-5-7-9-11-13-15-17-19-20-22-24-26-28-30-32-36(41)38(43)35(34-40)39-37(42)33-31-29-27-25-23-21-18-16-14-12-10-8-6-4-2/h35-36,38,40-41,43H,3-34H2,1-2H3,(H,39,42)/t35-,36+,38-/m0/s1. The first-order valence-electron chi connectivity index (χ1n) is 19.3. The molecule has 0 fully saturated rings. The highest BCUT2D eigenvalue weighted by molar-refractivity contribution is 5.76. The van der Waals surface area contributed by atoms with Crippen LogP contribution < -0.4 is 5.32 Å². The smallest absolute Gasteiger partial charge is 0.220 e. The third kappa shape index (κ3) is 29.8. The molecular formula is C38H77NO4. The van der Waals surface area contributed by atoms with Gasteiger partial charge in [0.05, 0.1) is 18.8 Å². The van der Waals surface area contributed by atoms with Crippen molar-refractivity contribution in [2.45, 2.75) is 231 Å².